The Bertz CT molecular complexity index is 1700. The van der Waals surface area contributed by atoms with Crippen LogP contribution in [0, 0.1) is 11.3 Å². The van der Waals surface area contributed by atoms with E-state index in [-0.39, 0.29) is 41.5 Å². The highest BCUT2D eigenvalue weighted by molar-refractivity contribution is 7.13. The first-order valence-corrected chi connectivity index (χ1v) is 19.5. The number of carbonyl (C=O) groups excluding carboxylic acids is 5. The van der Waals surface area contributed by atoms with Crippen LogP contribution in [-0.2, 0) is 32.0 Å². The molecule has 0 saturated carbocycles. The normalized spacial score (nSPS) is 17.1. The smallest absolute Gasteiger partial charge is 0.318 e. The molecule has 0 radical (unpaired) electrons. The molecule has 1 aliphatic carbocycles. The van der Waals surface area contributed by atoms with Crippen molar-refractivity contribution in [2.75, 3.05) is 31.6 Å². The highest BCUT2D eigenvalue weighted by Gasteiger charge is 2.34. The first kappa shape index (κ1) is 39.4. The molecule has 12 nitrogen and oxygen atoms in total. The zero-order valence-electron chi connectivity index (χ0n) is 31.2. The second kappa shape index (κ2) is 18.3. The summed E-state index contributed by atoms with van der Waals surface area (Å²) >= 11 is 1.38. The molecule has 1 fully saturated rings. The second-order valence-corrected chi connectivity index (χ2v) is 16.1. The average Bonchev–Trinajstić information content (AvgIpc) is 3.70. The molecule has 1 aliphatic heterocycles. The topological polar surface area (TPSA) is 153 Å². The lowest BCUT2D eigenvalue weighted by Gasteiger charge is -2.34. The van der Waals surface area contributed by atoms with E-state index in [4.69, 9.17) is 0 Å². The molecule has 0 spiro atoms. The zero-order chi connectivity index (χ0) is 38.0. The molecule has 1 saturated heterocycles. The number of hydrogen-bond acceptors (Lipinski definition) is 7. The van der Waals surface area contributed by atoms with E-state index in [1.807, 2.05) is 74.7 Å². The third-order valence-electron chi connectivity index (χ3n) is 9.87. The van der Waals surface area contributed by atoms with Crippen LogP contribution in [0.25, 0.3) is 0 Å². The molecule has 13 heteroatoms. The molecule has 0 unspecified atom stereocenters. The molecule has 284 valence electrons. The summed E-state index contributed by atoms with van der Waals surface area (Å²) in [6.07, 6.45) is 5.80. The van der Waals surface area contributed by atoms with E-state index in [9.17, 15) is 24.0 Å². The molecular formula is C40H53N7O5S. The van der Waals surface area contributed by atoms with Gasteiger partial charge in [0.25, 0.3) is 0 Å². The van der Waals surface area contributed by atoms with Crippen molar-refractivity contribution in [3.63, 3.8) is 0 Å². The summed E-state index contributed by atoms with van der Waals surface area (Å²) in [5.74, 6) is -1.64. The Morgan fingerprint density at radius 3 is 2.34 bits per heavy atom. The molecule has 1 aromatic heterocycles. The molecule has 2 aliphatic rings. The van der Waals surface area contributed by atoms with Gasteiger partial charge >= 0.3 is 6.03 Å². The highest BCUT2D eigenvalue weighted by Crippen LogP contribution is 2.30. The van der Waals surface area contributed by atoms with Crippen LogP contribution in [0.5, 0.6) is 0 Å². The van der Waals surface area contributed by atoms with Gasteiger partial charge in [0.15, 0.2) is 5.13 Å². The van der Waals surface area contributed by atoms with E-state index in [1.165, 1.54) is 16.9 Å². The number of nitrogens with zero attached hydrogens (tertiary/aromatic N) is 3. The molecule has 3 atom stereocenters. The van der Waals surface area contributed by atoms with Gasteiger partial charge in [0.2, 0.25) is 23.6 Å². The number of carbonyl (C=O) groups is 5. The zero-order valence-corrected chi connectivity index (χ0v) is 32.0. The molecule has 5 rings (SSSR count). The number of rotatable bonds is 13. The largest absolute Gasteiger partial charge is 0.355 e. The molecule has 2 heterocycles. The number of fused-ring (bicyclic) bond motifs is 1. The lowest BCUT2D eigenvalue weighted by Crippen LogP contribution is -2.57. The van der Waals surface area contributed by atoms with E-state index >= 15 is 0 Å². The number of likely N-dealkylation sites (tertiary alicyclic amines) is 1. The average molecular weight is 744 g/mol. The van der Waals surface area contributed by atoms with Crippen molar-refractivity contribution < 1.29 is 24.0 Å². The van der Waals surface area contributed by atoms with Crippen LogP contribution in [0.3, 0.4) is 0 Å². The number of urea groups is 1. The maximum absolute atomic E-state index is 14.1. The lowest BCUT2D eigenvalue weighted by atomic mass is 9.87. The molecule has 3 aromatic rings. The Morgan fingerprint density at radius 1 is 0.925 bits per heavy atom. The number of hydrogen-bond donors (Lipinski definition) is 4. The second-order valence-electron chi connectivity index (χ2n) is 15.3. The maximum atomic E-state index is 14.1. The number of amides is 6. The van der Waals surface area contributed by atoms with Gasteiger partial charge in [0, 0.05) is 44.2 Å². The predicted octanol–water partition coefficient (Wildman–Crippen LogP) is 4.76. The number of nitrogens with one attached hydrogen (secondary N) is 4. The van der Waals surface area contributed by atoms with Crippen LogP contribution in [0.2, 0.25) is 0 Å². The number of piperidine rings is 1. The number of anilines is 1. The molecule has 53 heavy (non-hydrogen) atoms. The van der Waals surface area contributed by atoms with E-state index < -0.39 is 24.0 Å². The minimum absolute atomic E-state index is 0.0516. The summed E-state index contributed by atoms with van der Waals surface area (Å²) in [6.45, 7) is 6.97. The summed E-state index contributed by atoms with van der Waals surface area (Å²) in [5, 5.41) is 14.2. The Hall–Kier alpha value is -4.78. The predicted molar refractivity (Wildman–Crippen MR) is 206 cm³/mol. The lowest BCUT2D eigenvalue weighted by molar-refractivity contribution is -0.132. The number of aromatic nitrogens is 1. The minimum atomic E-state index is -1.24. The van der Waals surface area contributed by atoms with Gasteiger partial charge in [-0.25, -0.2) is 9.78 Å². The van der Waals surface area contributed by atoms with Gasteiger partial charge < -0.3 is 26.2 Å². The SMILES string of the molecule is CN(C(=O)C1CCN(C(=O)N[C@@H](CC(=O)NCC(C)(C)C)C(=O)N[C@@H](CCc2ccccc2)C(=O)N[C@@H]2CCCc3ccccc32)CC1)c1nccs1. The van der Waals surface area contributed by atoms with Gasteiger partial charge in [-0.05, 0) is 67.1 Å². The monoisotopic (exact) mass is 743 g/mol. The summed E-state index contributed by atoms with van der Waals surface area (Å²) in [5.41, 5.74) is 3.12. The van der Waals surface area contributed by atoms with E-state index in [2.05, 4.69) is 32.3 Å². The molecular weight excluding hydrogens is 691 g/mol. The standard InChI is InChI=1S/C40H53N7O5S/c1-40(2,3)26-42-34(48)25-33(45-38(52)47-22-19-29(20-23-47)37(51)46(4)39-41-21-24-53-39)36(50)44-32(18-17-27-11-6-5-7-12-27)35(49)43-31-16-10-14-28-13-8-9-15-30(28)31/h5-9,11-13,15,21,24,29,31-33H,10,14,16-20,22-23,25-26H2,1-4H3,(H,42,48)(H,43,49)(H,44,50)(H,45,52)/t31-,32+,33+/m1/s1. The first-order valence-electron chi connectivity index (χ1n) is 18.6. The maximum Gasteiger partial charge on any atom is 0.318 e. The van der Waals surface area contributed by atoms with Crippen LogP contribution < -0.4 is 26.2 Å². The first-order chi connectivity index (χ1) is 25.4. The van der Waals surface area contributed by atoms with Crippen molar-refractivity contribution in [1.29, 1.82) is 0 Å². The molecule has 2 aromatic carbocycles. The van der Waals surface area contributed by atoms with Crippen molar-refractivity contribution in [1.82, 2.24) is 31.2 Å². The Morgan fingerprint density at radius 2 is 1.64 bits per heavy atom. The van der Waals surface area contributed by atoms with Crippen LogP contribution >= 0.6 is 11.3 Å². The minimum Gasteiger partial charge on any atom is -0.355 e. The number of aryl methyl sites for hydroxylation is 2. The summed E-state index contributed by atoms with van der Waals surface area (Å²) in [7, 11) is 1.70. The van der Waals surface area contributed by atoms with Gasteiger partial charge in [0.1, 0.15) is 12.1 Å². The molecule has 0 bridgehead atoms. The van der Waals surface area contributed by atoms with Crippen molar-refractivity contribution in [2.24, 2.45) is 11.3 Å². The van der Waals surface area contributed by atoms with Gasteiger partial charge in [-0.3, -0.25) is 24.1 Å². The van der Waals surface area contributed by atoms with Crippen molar-refractivity contribution in [3.8, 4) is 0 Å². The van der Waals surface area contributed by atoms with Crippen molar-refractivity contribution in [3.05, 3.63) is 82.9 Å². The Kier molecular flexibility index (Phi) is 13.6. The van der Waals surface area contributed by atoms with Crippen LogP contribution in [0.15, 0.2) is 66.2 Å². The van der Waals surface area contributed by atoms with Crippen LogP contribution in [0.4, 0.5) is 9.93 Å². The van der Waals surface area contributed by atoms with Crippen molar-refractivity contribution >= 4 is 46.1 Å². The quantitative estimate of drug-likeness (QED) is 0.198. The number of thiazole rings is 1. The van der Waals surface area contributed by atoms with Gasteiger partial charge in [0.05, 0.1) is 12.5 Å². The molecule has 6 amide bonds. The fourth-order valence-corrected chi connectivity index (χ4v) is 7.44. The van der Waals surface area contributed by atoms with E-state index in [0.717, 1.165) is 30.4 Å². The highest BCUT2D eigenvalue weighted by atomic mass is 32.1. The Labute approximate surface area is 316 Å². The third-order valence-corrected chi connectivity index (χ3v) is 10.7. The number of benzene rings is 2. The van der Waals surface area contributed by atoms with Crippen LogP contribution in [-0.4, -0.2) is 78.3 Å². The van der Waals surface area contributed by atoms with Crippen LogP contribution in [0.1, 0.15) is 82.0 Å². The van der Waals surface area contributed by atoms with E-state index in [1.54, 1.807) is 23.0 Å². The fourth-order valence-electron chi connectivity index (χ4n) is 6.82. The van der Waals surface area contributed by atoms with E-state index in [0.29, 0.717) is 50.4 Å². The summed E-state index contributed by atoms with van der Waals surface area (Å²) in [4.78, 5) is 75.3. The fraction of sp³-hybridized carbons (Fsp3) is 0.500. The van der Waals surface area contributed by atoms with Gasteiger partial charge in [-0.2, -0.15) is 0 Å². The summed E-state index contributed by atoms with van der Waals surface area (Å²) in [6, 6.07) is 15.0. The Balaban J connectivity index is 1.28. The summed E-state index contributed by atoms with van der Waals surface area (Å²) < 4.78 is 0. The molecule has 4 N–H and O–H groups in total. The van der Waals surface area contributed by atoms with Gasteiger partial charge in [-0.15, -0.1) is 11.3 Å². The third kappa shape index (κ3) is 11.4. The van der Waals surface area contributed by atoms with Gasteiger partial charge in [-0.1, -0.05) is 75.4 Å². The van der Waals surface area contributed by atoms with Crippen molar-refractivity contribution in [2.45, 2.75) is 90.3 Å².